The van der Waals surface area contributed by atoms with Gasteiger partial charge in [0, 0.05) is 11.6 Å². The van der Waals surface area contributed by atoms with Crippen molar-refractivity contribution in [1.29, 1.82) is 0 Å². The van der Waals surface area contributed by atoms with E-state index in [2.05, 4.69) is 58.7 Å². The van der Waals surface area contributed by atoms with Crippen molar-refractivity contribution >= 4 is 23.1 Å². The molecule has 0 aliphatic rings. The summed E-state index contributed by atoms with van der Waals surface area (Å²) in [5, 5.41) is 14.2. The predicted octanol–water partition coefficient (Wildman–Crippen LogP) is 6.67. The van der Waals surface area contributed by atoms with E-state index in [4.69, 9.17) is 9.15 Å². The highest BCUT2D eigenvalue weighted by Crippen LogP contribution is 2.24. The van der Waals surface area contributed by atoms with E-state index in [1.165, 1.54) is 17.2 Å². The molecule has 0 saturated carbocycles. The lowest BCUT2D eigenvalue weighted by Crippen LogP contribution is -2.01. The van der Waals surface area contributed by atoms with Crippen LogP contribution < -0.4 is 10.2 Å². The topological polar surface area (TPSA) is 93.9 Å². The molecule has 0 aliphatic carbocycles. The highest BCUT2D eigenvalue weighted by Gasteiger charge is 2.12. The van der Waals surface area contributed by atoms with Crippen LogP contribution in [0.25, 0.3) is 34.7 Å². The molecule has 1 N–H and O–H groups in total. The van der Waals surface area contributed by atoms with Crippen molar-refractivity contribution in [3.8, 4) is 17.3 Å². The minimum atomic E-state index is -0.160. The number of unbranched alkanes of at least 4 members (excludes halogenated alkanes) is 1. The number of tetrazole rings is 1. The molecule has 7 nitrogen and oxygen atoms in total. The first kappa shape index (κ1) is 25.1. The highest BCUT2D eigenvalue weighted by molar-refractivity contribution is 5.89. The number of rotatable bonds is 10. The second-order valence-electron chi connectivity index (χ2n) is 9.54. The van der Waals surface area contributed by atoms with Gasteiger partial charge in [-0.05, 0) is 65.3 Å². The summed E-state index contributed by atoms with van der Waals surface area (Å²) in [7, 11) is 0. The monoisotopic (exact) mass is 506 g/mol. The second-order valence-corrected chi connectivity index (χ2v) is 9.54. The Balaban J connectivity index is 1.17. The number of aromatic nitrogens is 4. The molecule has 0 amide bonds. The van der Waals surface area contributed by atoms with Crippen molar-refractivity contribution in [2.45, 2.75) is 39.0 Å². The number of hydrogen-bond donors (Lipinski definition) is 1. The fourth-order valence-corrected chi connectivity index (χ4v) is 4.26. The van der Waals surface area contributed by atoms with Gasteiger partial charge in [0.1, 0.15) is 11.3 Å². The van der Waals surface area contributed by atoms with E-state index in [1.54, 1.807) is 6.07 Å². The smallest absolute Gasteiger partial charge is 0.239 e. The Morgan fingerprint density at radius 2 is 1.79 bits per heavy atom. The molecule has 0 spiro atoms. The number of benzene rings is 3. The number of fused-ring (bicyclic) bond motifs is 1. The number of nitrogens with zero attached hydrogens (tertiary/aromatic N) is 3. The van der Waals surface area contributed by atoms with Crippen molar-refractivity contribution in [2.75, 3.05) is 6.61 Å². The molecule has 38 heavy (non-hydrogen) atoms. The number of nitrogens with one attached hydrogen (secondary N) is 1. The fraction of sp³-hybridized carbons (Fsp3) is 0.226. The number of aryl methyl sites for hydroxylation is 1. The summed E-state index contributed by atoms with van der Waals surface area (Å²) >= 11 is 0. The normalized spacial score (nSPS) is 11.6. The van der Waals surface area contributed by atoms with E-state index in [1.807, 2.05) is 48.6 Å². The molecule has 0 unspecified atom stereocenters. The Kier molecular flexibility index (Phi) is 7.73. The molecule has 7 heteroatoms. The van der Waals surface area contributed by atoms with Crippen LogP contribution in [-0.2, 0) is 6.42 Å². The molecule has 3 aromatic carbocycles. The van der Waals surface area contributed by atoms with Gasteiger partial charge < -0.3 is 9.15 Å². The Morgan fingerprint density at radius 1 is 0.974 bits per heavy atom. The van der Waals surface area contributed by atoms with E-state index >= 15 is 0 Å². The van der Waals surface area contributed by atoms with Crippen LogP contribution in [0.4, 0.5) is 0 Å². The van der Waals surface area contributed by atoms with Crippen LogP contribution >= 0.6 is 0 Å². The minimum absolute atomic E-state index is 0.160. The SMILES string of the molecule is CC(C)c1ccc(CCCCOc2ccc(C=Cc3cccc4c(=O)cc(-c5nn[nH]n5)oc34)cc2)cc1. The third-order valence-electron chi connectivity index (χ3n) is 6.46. The van der Waals surface area contributed by atoms with Crippen molar-refractivity contribution in [3.05, 3.63) is 105 Å². The zero-order chi connectivity index (χ0) is 26.3. The van der Waals surface area contributed by atoms with E-state index < -0.39 is 0 Å². The highest BCUT2D eigenvalue weighted by atomic mass is 16.5. The lowest BCUT2D eigenvalue weighted by Gasteiger charge is -2.08. The van der Waals surface area contributed by atoms with E-state index in [9.17, 15) is 4.79 Å². The predicted molar refractivity (Wildman–Crippen MR) is 150 cm³/mol. The Bertz CT molecular complexity index is 1570. The molecular formula is C31H30N4O3. The van der Waals surface area contributed by atoms with Crippen LogP contribution in [0.2, 0.25) is 0 Å². The third kappa shape index (κ3) is 6.06. The lowest BCUT2D eigenvalue weighted by molar-refractivity contribution is 0.307. The molecule has 0 radical (unpaired) electrons. The van der Waals surface area contributed by atoms with E-state index in [0.717, 1.165) is 36.1 Å². The van der Waals surface area contributed by atoms with Gasteiger partial charge in [0.05, 0.1) is 12.0 Å². The standard InChI is InChI=1S/C31H30N4O3/c1-21(2)24-14-9-22(10-15-24)6-3-4-19-37-26-17-12-23(13-18-26)11-16-25-7-5-8-27-28(36)20-29(38-30(25)27)31-32-34-35-33-31/h5,7-18,20-21H,3-4,6,19H2,1-2H3,(H,32,33,34,35). The maximum Gasteiger partial charge on any atom is 0.239 e. The summed E-state index contributed by atoms with van der Waals surface area (Å²) in [6.45, 7) is 5.13. The molecule has 5 rings (SSSR count). The van der Waals surface area contributed by atoms with Gasteiger partial charge in [0.2, 0.25) is 5.82 Å². The fourth-order valence-electron chi connectivity index (χ4n) is 4.26. The average Bonchev–Trinajstić information content (AvgIpc) is 3.48. The lowest BCUT2D eigenvalue weighted by atomic mass is 10.00. The van der Waals surface area contributed by atoms with Gasteiger partial charge in [-0.15, -0.1) is 10.2 Å². The molecule has 0 saturated heterocycles. The average molecular weight is 507 g/mol. The van der Waals surface area contributed by atoms with Crippen LogP contribution in [0.15, 0.2) is 82.0 Å². The largest absolute Gasteiger partial charge is 0.494 e. The summed E-state index contributed by atoms with van der Waals surface area (Å²) in [6.07, 6.45) is 7.07. The third-order valence-corrected chi connectivity index (χ3v) is 6.46. The van der Waals surface area contributed by atoms with Gasteiger partial charge in [-0.1, -0.05) is 74.5 Å². The zero-order valence-corrected chi connectivity index (χ0v) is 21.6. The van der Waals surface area contributed by atoms with Crippen molar-refractivity contribution in [2.24, 2.45) is 0 Å². The Labute approximate surface area is 221 Å². The van der Waals surface area contributed by atoms with Gasteiger partial charge in [0.25, 0.3) is 0 Å². The molecule has 0 atom stereocenters. The first-order valence-corrected chi connectivity index (χ1v) is 12.9. The van der Waals surface area contributed by atoms with Crippen LogP contribution in [0, 0.1) is 0 Å². The molecule has 192 valence electrons. The molecule has 0 fully saturated rings. The quantitative estimate of drug-likeness (QED) is 0.168. The van der Waals surface area contributed by atoms with Gasteiger partial charge in [0.15, 0.2) is 11.2 Å². The number of ether oxygens (including phenoxy) is 1. The van der Waals surface area contributed by atoms with Crippen LogP contribution in [-0.4, -0.2) is 27.2 Å². The Morgan fingerprint density at radius 3 is 2.53 bits per heavy atom. The number of para-hydroxylation sites is 1. The second kappa shape index (κ2) is 11.7. The van der Waals surface area contributed by atoms with Crippen molar-refractivity contribution in [1.82, 2.24) is 20.6 Å². The van der Waals surface area contributed by atoms with Gasteiger partial charge in [-0.2, -0.15) is 5.21 Å². The van der Waals surface area contributed by atoms with Gasteiger partial charge >= 0.3 is 0 Å². The van der Waals surface area contributed by atoms with E-state index in [-0.39, 0.29) is 17.0 Å². The number of H-pyrrole nitrogens is 1. The summed E-state index contributed by atoms with van der Waals surface area (Å²) in [4.78, 5) is 12.6. The molecule has 0 bridgehead atoms. The van der Waals surface area contributed by atoms with Gasteiger partial charge in [-0.25, -0.2) is 0 Å². The van der Waals surface area contributed by atoms with Crippen LogP contribution in [0.1, 0.15) is 54.9 Å². The number of hydrogen-bond acceptors (Lipinski definition) is 6. The van der Waals surface area contributed by atoms with Crippen LogP contribution in [0.5, 0.6) is 5.75 Å². The zero-order valence-electron chi connectivity index (χ0n) is 21.6. The molecular weight excluding hydrogens is 476 g/mol. The Hall–Kier alpha value is -4.52. The molecule has 5 aromatic rings. The molecule has 2 heterocycles. The first-order chi connectivity index (χ1) is 18.6. The summed E-state index contributed by atoms with van der Waals surface area (Å²) < 4.78 is 11.9. The number of aromatic amines is 1. The first-order valence-electron chi connectivity index (χ1n) is 12.9. The van der Waals surface area contributed by atoms with Gasteiger partial charge in [-0.3, -0.25) is 4.79 Å². The molecule has 2 aromatic heterocycles. The summed E-state index contributed by atoms with van der Waals surface area (Å²) in [5.41, 5.74) is 4.87. The van der Waals surface area contributed by atoms with E-state index in [0.29, 0.717) is 23.5 Å². The van der Waals surface area contributed by atoms with Crippen molar-refractivity contribution < 1.29 is 9.15 Å². The van der Waals surface area contributed by atoms with Crippen molar-refractivity contribution in [3.63, 3.8) is 0 Å². The minimum Gasteiger partial charge on any atom is -0.494 e. The maximum absolute atomic E-state index is 12.6. The summed E-state index contributed by atoms with van der Waals surface area (Å²) in [5.74, 6) is 1.92. The maximum atomic E-state index is 12.6. The molecule has 0 aliphatic heterocycles. The van der Waals surface area contributed by atoms with Crippen LogP contribution in [0.3, 0.4) is 0 Å². The summed E-state index contributed by atoms with van der Waals surface area (Å²) in [6, 6.07) is 23.8.